The first-order valence-electron chi connectivity index (χ1n) is 7.80. The van der Waals surface area contributed by atoms with E-state index in [-0.39, 0.29) is 0 Å². The molecule has 1 fully saturated rings. The van der Waals surface area contributed by atoms with Crippen molar-refractivity contribution in [1.29, 1.82) is 0 Å². The summed E-state index contributed by atoms with van der Waals surface area (Å²) in [6.07, 6.45) is 2.20. The number of hydrogen-bond acceptors (Lipinski definition) is 3. The molecule has 0 aliphatic carbocycles. The molecule has 1 N–H and O–H groups in total. The van der Waals surface area contributed by atoms with E-state index in [4.69, 9.17) is 9.84 Å². The van der Waals surface area contributed by atoms with Crippen molar-refractivity contribution >= 4 is 10.8 Å². The Bertz CT molecular complexity index is 571. The van der Waals surface area contributed by atoms with Crippen LogP contribution in [0.15, 0.2) is 42.5 Å². The van der Waals surface area contributed by atoms with Crippen molar-refractivity contribution in [2.24, 2.45) is 5.92 Å². The van der Waals surface area contributed by atoms with E-state index in [1.165, 1.54) is 10.8 Å². The minimum absolute atomic E-state index is 0.334. The number of likely N-dealkylation sites (tertiary alicyclic amines) is 1. The Morgan fingerprint density at radius 2 is 1.81 bits per heavy atom. The van der Waals surface area contributed by atoms with Crippen molar-refractivity contribution in [2.45, 2.75) is 12.8 Å². The molecule has 0 spiro atoms. The molecule has 3 heteroatoms. The van der Waals surface area contributed by atoms with Gasteiger partial charge in [-0.1, -0.05) is 36.4 Å². The van der Waals surface area contributed by atoms with E-state index in [0.717, 1.165) is 44.8 Å². The van der Waals surface area contributed by atoms with Gasteiger partial charge in [0, 0.05) is 18.5 Å². The monoisotopic (exact) mass is 285 g/mol. The first-order chi connectivity index (χ1) is 10.4. The molecular formula is C18H23NO2. The number of fused-ring (bicyclic) bond motifs is 1. The number of ether oxygens (including phenoxy) is 1. The highest BCUT2D eigenvalue weighted by atomic mass is 16.5. The number of aliphatic hydroxyl groups is 1. The van der Waals surface area contributed by atoms with Gasteiger partial charge in [-0.2, -0.15) is 0 Å². The van der Waals surface area contributed by atoms with Gasteiger partial charge in [-0.25, -0.2) is 0 Å². The average Bonchev–Trinajstić information content (AvgIpc) is 2.56. The summed E-state index contributed by atoms with van der Waals surface area (Å²) in [5, 5.41) is 11.6. The zero-order chi connectivity index (χ0) is 14.5. The van der Waals surface area contributed by atoms with Crippen molar-refractivity contribution in [3.05, 3.63) is 42.5 Å². The molecule has 0 atom stereocenters. The molecule has 21 heavy (non-hydrogen) atoms. The van der Waals surface area contributed by atoms with E-state index in [2.05, 4.69) is 35.2 Å². The Morgan fingerprint density at radius 1 is 1.05 bits per heavy atom. The van der Waals surface area contributed by atoms with Gasteiger partial charge in [0.2, 0.25) is 0 Å². The largest absolute Gasteiger partial charge is 0.492 e. The smallest absolute Gasteiger partial charge is 0.127 e. The lowest BCUT2D eigenvalue weighted by Gasteiger charge is -2.30. The normalized spacial score (nSPS) is 17.2. The molecule has 0 unspecified atom stereocenters. The third-order valence-electron chi connectivity index (χ3n) is 4.38. The maximum absolute atomic E-state index is 9.16. The molecule has 0 saturated carbocycles. The fraction of sp³-hybridized carbons (Fsp3) is 0.444. The molecule has 0 aromatic heterocycles. The van der Waals surface area contributed by atoms with E-state index < -0.39 is 0 Å². The summed E-state index contributed by atoms with van der Waals surface area (Å²) in [5.41, 5.74) is 0. The standard InChI is InChI=1S/C18H23NO2/c20-14-15-8-10-19(11-9-15)12-13-21-18-7-3-5-16-4-1-2-6-17(16)18/h1-7,15,20H,8-14H2. The fourth-order valence-corrected chi connectivity index (χ4v) is 3.00. The second kappa shape index (κ2) is 6.92. The van der Waals surface area contributed by atoms with Gasteiger partial charge in [-0.05, 0) is 43.3 Å². The maximum Gasteiger partial charge on any atom is 0.127 e. The Hall–Kier alpha value is -1.58. The predicted octanol–water partition coefficient (Wildman–Crippen LogP) is 2.92. The SMILES string of the molecule is OCC1CCN(CCOc2cccc3ccccc23)CC1. The van der Waals surface area contributed by atoms with Crippen molar-refractivity contribution in [1.82, 2.24) is 4.90 Å². The van der Waals surface area contributed by atoms with Crippen LogP contribution in [0.4, 0.5) is 0 Å². The van der Waals surface area contributed by atoms with Crippen LogP contribution in [-0.2, 0) is 0 Å². The van der Waals surface area contributed by atoms with Gasteiger partial charge < -0.3 is 9.84 Å². The molecule has 0 bridgehead atoms. The number of piperidine rings is 1. The highest BCUT2D eigenvalue weighted by molar-refractivity contribution is 5.88. The molecular weight excluding hydrogens is 262 g/mol. The van der Waals surface area contributed by atoms with E-state index in [1.54, 1.807) is 0 Å². The van der Waals surface area contributed by atoms with Crippen molar-refractivity contribution in [3.63, 3.8) is 0 Å². The van der Waals surface area contributed by atoms with Crippen molar-refractivity contribution < 1.29 is 9.84 Å². The average molecular weight is 285 g/mol. The molecule has 1 aliphatic rings. The van der Waals surface area contributed by atoms with Gasteiger partial charge in [-0.3, -0.25) is 4.90 Å². The summed E-state index contributed by atoms with van der Waals surface area (Å²) in [6.45, 7) is 4.16. The molecule has 1 heterocycles. The lowest BCUT2D eigenvalue weighted by Crippen LogP contribution is -2.37. The second-order valence-corrected chi connectivity index (χ2v) is 5.79. The molecule has 0 radical (unpaired) electrons. The van der Waals surface area contributed by atoms with Crippen LogP contribution < -0.4 is 4.74 Å². The molecule has 3 rings (SSSR count). The molecule has 0 amide bonds. The summed E-state index contributed by atoms with van der Waals surface area (Å²) in [5.74, 6) is 1.47. The molecule has 3 nitrogen and oxygen atoms in total. The first kappa shape index (κ1) is 14.4. The van der Waals surface area contributed by atoms with E-state index in [1.807, 2.05) is 12.1 Å². The summed E-state index contributed by atoms with van der Waals surface area (Å²) < 4.78 is 5.98. The van der Waals surface area contributed by atoms with Gasteiger partial charge in [-0.15, -0.1) is 0 Å². The van der Waals surface area contributed by atoms with Crippen LogP contribution in [0.2, 0.25) is 0 Å². The van der Waals surface area contributed by atoms with Gasteiger partial charge in [0.05, 0.1) is 0 Å². The lowest BCUT2D eigenvalue weighted by molar-refractivity contribution is 0.119. The Labute approximate surface area is 126 Å². The number of hydrogen-bond donors (Lipinski definition) is 1. The van der Waals surface area contributed by atoms with E-state index in [9.17, 15) is 0 Å². The van der Waals surface area contributed by atoms with Crippen LogP contribution in [0.25, 0.3) is 10.8 Å². The topological polar surface area (TPSA) is 32.7 Å². The summed E-state index contributed by atoms with van der Waals surface area (Å²) >= 11 is 0. The van der Waals surface area contributed by atoms with Gasteiger partial charge in [0.1, 0.15) is 12.4 Å². The van der Waals surface area contributed by atoms with Crippen molar-refractivity contribution in [2.75, 3.05) is 32.8 Å². The van der Waals surface area contributed by atoms with Crippen LogP contribution >= 0.6 is 0 Å². The molecule has 2 aromatic carbocycles. The number of nitrogens with zero attached hydrogens (tertiary/aromatic N) is 1. The van der Waals surface area contributed by atoms with Gasteiger partial charge in [0.15, 0.2) is 0 Å². The van der Waals surface area contributed by atoms with Crippen molar-refractivity contribution in [3.8, 4) is 5.75 Å². The summed E-state index contributed by atoms with van der Waals surface area (Å²) in [4.78, 5) is 2.43. The summed E-state index contributed by atoms with van der Waals surface area (Å²) in [7, 11) is 0. The quantitative estimate of drug-likeness (QED) is 0.917. The second-order valence-electron chi connectivity index (χ2n) is 5.79. The lowest BCUT2D eigenvalue weighted by atomic mass is 9.98. The predicted molar refractivity (Wildman–Crippen MR) is 85.7 cm³/mol. The van der Waals surface area contributed by atoms with Gasteiger partial charge >= 0.3 is 0 Å². The molecule has 1 aliphatic heterocycles. The fourth-order valence-electron chi connectivity index (χ4n) is 3.00. The summed E-state index contributed by atoms with van der Waals surface area (Å²) in [6, 6.07) is 14.5. The third kappa shape index (κ3) is 3.55. The van der Waals surface area contributed by atoms with E-state index in [0.29, 0.717) is 12.5 Å². The third-order valence-corrected chi connectivity index (χ3v) is 4.38. The van der Waals surface area contributed by atoms with Crippen LogP contribution in [0.3, 0.4) is 0 Å². The highest BCUT2D eigenvalue weighted by Crippen LogP contribution is 2.25. The minimum atomic E-state index is 0.334. The van der Waals surface area contributed by atoms with Gasteiger partial charge in [0.25, 0.3) is 0 Å². The Kier molecular flexibility index (Phi) is 4.73. The first-order valence-corrected chi connectivity index (χ1v) is 7.80. The van der Waals surface area contributed by atoms with Crippen LogP contribution in [0.1, 0.15) is 12.8 Å². The number of aliphatic hydroxyl groups excluding tert-OH is 1. The minimum Gasteiger partial charge on any atom is -0.492 e. The maximum atomic E-state index is 9.16. The molecule has 1 saturated heterocycles. The van der Waals surface area contributed by atoms with E-state index >= 15 is 0 Å². The highest BCUT2D eigenvalue weighted by Gasteiger charge is 2.18. The number of rotatable bonds is 5. The molecule has 112 valence electrons. The zero-order valence-corrected chi connectivity index (χ0v) is 12.4. The Morgan fingerprint density at radius 3 is 2.62 bits per heavy atom. The van der Waals surface area contributed by atoms with Crippen LogP contribution in [0.5, 0.6) is 5.75 Å². The number of benzene rings is 2. The molecule has 2 aromatic rings. The zero-order valence-electron chi connectivity index (χ0n) is 12.4. The Balaban J connectivity index is 1.53. The van der Waals surface area contributed by atoms with Crippen LogP contribution in [0, 0.1) is 5.92 Å². The van der Waals surface area contributed by atoms with Crippen LogP contribution in [-0.4, -0.2) is 42.9 Å².